The summed E-state index contributed by atoms with van der Waals surface area (Å²) < 4.78 is 2.32. The normalized spacial score (nSPS) is 15.4. The Kier molecular flexibility index (Phi) is 4.71. The van der Waals surface area contributed by atoms with Gasteiger partial charge in [-0.05, 0) is 42.3 Å². The molecule has 1 atom stereocenters. The van der Waals surface area contributed by atoms with Crippen molar-refractivity contribution < 1.29 is 5.11 Å². The van der Waals surface area contributed by atoms with Crippen LogP contribution in [-0.4, -0.2) is 25.8 Å². The van der Waals surface area contributed by atoms with E-state index in [-0.39, 0.29) is 11.4 Å². The fourth-order valence-electron chi connectivity index (χ4n) is 4.91. The smallest absolute Gasteiger partial charge is 0.343 e. The van der Waals surface area contributed by atoms with Crippen molar-refractivity contribution in [3.05, 3.63) is 123 Å². The van der Waals surface area contributed by atoms with Gasteiger partial charge in [-0.25, -0.2) is 13.9 Å². The number of benzene rings is 3. The van der Waals surface area contributed by atoms with Crippen molar-refractivity contribution in [1.29, 1.82) is 0 Å². The summed E-state index contributed by atoms with van der Waals surface area (Å²) in [6.45, 7) is 0.633. The highest BCUT2D eigenvalue weighted by atomic mass is 16.3. The topological polar surface area (TPSA) is 92.1 Å². The van der Waals surface area contributed by atoms with Gasteiger partial charge in [0.25, 0.3) is 5.56 Å². The first-order valence-electron chi connectivity index (χ1n) is 11.2. The van der Waals surface area contributed by atoms with E-state index >= 15 is 0 Å². The third kappa shape index (κ3) is 3.02. The number of hydrogen-bond donors (Lipinski definition) is 3. The number of aromatic nitrogens is 3. The summed E-state index contributed by atoms with van der Waals surface area (Å²) in [5.41, 5.74) is 2.78. The molecule has 0 saturated heterocycles. The van der Waals surface area contributed by atoms with Crippen molar-refractivity contribution in [2.75, 3.05) is 6.54 Å². The Hall–Kier alpha value is -4.36. The lowest BCUT2D eigenvalue weighted by Crippen LogP contribution is -2.43. The van der Waals surface area contributed by atoms with E-state index in [2.05, 4.69) is 16.4 Å². The Bertz CT molecular complexity index is 1630. The molecule has 1 aliphatic rings. The van der Waals surface area contributed by atoms with Crippen LogP contribution < -0.4 is 16.6 Å². The number of aromatic hydroxyl groups is 1. The van der Waals surface area contributed by atoms with Gasteiger partial charge in [-0.15, -0.1) is 0 Å². The third-order valence-corrected chi connectivity index (χ3v) is 6.45. The van der Waals surface area contributed by atoms with E-state index in [4.69, 9.17) is 0 Å². The van der Waals surface area contributed by atoms with Crippen molar-refractivity contribution in [2.45, 2.75) is 12.5 Å². The quantitative estimate of drug-likeness (QED) is 0.393. The van der Waals surface area contributed by atoms with Crippen molar-refractivity contribution in [2.24, 2.45) is 0 Å². The van der Waals surface area contributed by atoms with Crippen LogP contribution in [0.2, 0.25) is 0 Å². The molecule has 7 nitrogen and oxygen atoms in total. The minimum absolute atomic E-state index is 0.125. The van der Waals surface area contributed by atoms with Gasteiger partial charge in [-0.1, -0.05) is 54.6 Å². The van der Waals surface area contributed by atoms with E-state index in [9.17, 15) is 14.7 Å². The molecule has 3 heterocycles. The van der Waals surface area contributed by atoms with Gasteiger partial charge in [0.1, 0.15) is 5.56 Å². The third-order valence-electron chi connectivity index (χ3n) is 6.45. The number of para-hydroxylation sites is 3. The Morgan fingerprint density at radius 1 is 0.794 bits per heavy atom. The standard InChI is InChI=1S/C27H22N4O3/c32-25-22(24-23-20(15-16-28-24)19-13-7-8-14-21(19)29-23)26(33)31(18-11-5-2-6-12-18)27(34)30(25)17-9-3-1-4-10-17/h1-14,24,28-29,32H,15-16H2/t24-/m0/s1. The molecular weight excluding hydrogens is 428 g/mol. The fraction of sp³-hybridized carbons (Fsp3) is 0.111. The number of fused-ring (bicyclic) bond motifs is 3. The lowest BCUT2D eigenvalue weighted by molar-refractivity contribution is 0.406. The largest absolute Gasteiger partial charge is 0.494 e. The molecule has 0 bridgehead atoms. The highest BCUT2D eigenvalue weighted by Gasteiger charge is 2.32. The second-order valence-electron chi connectivity index (χ2n) is 8.37. The Balaban J connectivity index is 1.69. The highest BCUT2D eigenvalue weighted by Crippen LogP contribution is 2.35. The molecule has 0 saturated carbocycles. The first kappa shape index (κ1) is 20.3. The summed E-state index contributed by atoms with van der Waals surface area (Å²) in [5.74, 6) is -0.364. The van der Waals surface area contributed by atoms with Crippen LogP contribution in [0.1, 0.15) is 22.9 Å². The molecule has 168 valence electrons. The lowest BCUT2D eigenvalue weighted by atomic mass is 9.95. The van der Waals surface area contributed by atoms with E-state index in [0.29, 0.717) is 17.9 Å². The predicted molar refractivity (Wildman–Crippen MR) is 131 cm³/mol. The van der Waals surface area contributed by atoms with Gasteiger partial charge in [0.05, 0.1) is 17.4 Å². The molecule has 5 aromatic rings. The van der Waals surface area contributed by atoms with Crippen molar-refractivity contribution in [3.63, 3.8) is 0 Å². The van der Waals surface area contributed by atoms with Crippen LogP contribution in [0.3, 0.4) is 0 Å². The van der Waals surface area contributed by atoms with E-state index in [1.54, 1.807) is 48.5 Å². The Morgan fingerprint density at radius 3 is 2.12 bits per heavy atom. The molecule has 0 fully saturated rings. The summed E-state index contributed by atoms with van der Waals surface area (Å²) in [5, 5.41) is 15.9. The molecule has 7 heteroatoms. The molecular formula is C27H22N4O3. The summed E-state index contributed by atoms with van der Waals surface area (Å²) >= 11 is 0. The number of hydrogen-bond acceptors (Lipinski definition) is 4. The molecule has 3 N–H and O–H groups in total. The van der Waals surface area contributed by atoms with Crippen molar-refractivity contribution >= 4 is 10.9 Å². The zero-order valence-corrected chi connectivity index (χ0v) is 18.2. The number of nitrogens with one attached hydrogen (secondary N) is 2. The van der Waals surface area contributed by atoms with Gasteiger partial charge in [-0.2, -0.15) is 0 Å². The van der Waals surface area contributed by atoms with Crippen molar-refractivity contribution in [1.82, 2.24) is 19.4 Å². The van der Waals surface area contributed by atoms with Crippen LogP contribution >= 0.6 is 0 Å². The number of rotatable bonds is 3. The van der Waals surface area contributed by atoms with E-state index in [0.717, 1.165) is 33.1 Å². The molecule has 0 amide bonds. The zero-order chi connectivity index (χ0) is 23.2. The maximum Gasteiger partial charge on any atom is 0.343 e. The van der Waals surface area contributed by atoms with Crippen LogP contribution in [0.25, 0.3) is 22.3 Å². The molecule has 0 aliphatic carbocycles. The van der Waals surface area contributed by atoms with Crippen LogP contribution in [0.15, 0.2) is 94.5 Å². The Morgan fingerprint density at radius 2 is 1.41 bits per heavy atom. The fourth-order valence-corrected chi connectivity index (χ4v) is 4.91. The summed E-state index contributed by atoms with van der Waals surface area (Å²) in [4.78, 5) is 30.9. The first-order chi connectivity index (χ1) is 16.6. The lowest BCUT2D eigenvalue weighted by Gasteiger charge is -2.26. The maximum absolute atomic E-state index is 13.9. The Labute approximate surface area is 194 Å². The van der Waals surface area contributed by atoms with Gasteiger partial charge in [-0.3, -0.25) is 4.79 Å². The molecule has 34 heavy (non-hydrogen) atoms. The number of nitrogens with zero attached hydrogens (tertiary/aromatic N) is 2. The molecule has 0 radical (unpaired) electrons. The van der Waals surface area contributed by atoms with Crippen LogP contribution in [0, 0.1) is 0 Å². The number of H-pyrrole nitrogens is 1. The minimum atomic E-state index is -0.628. The average Bonchev–Trinajstić information content (AvgIpc) is 3.25. The highest BCUT2D eigenvalue weighted by molar-refractivity contribution is 5.85. The van der Waals surface area contributed by atoms with Gasteiger partial charge in [0.15, 0.2) is 0 Å². The zero-order valence-electron chi connectivity index (χ0n) is 18.2. The second kappa shape index (κ2) is 7.90. The first-order valence-corrected chi connectivity index (χ1v) is 11.2. The van der Waals surface area contributed by atoms with E-state index < -0.39 is 17.3 Å². The summed E-state index contributed by atoms with van der Waals surface area (Å²) in [7, 11) is 0. The van der Waals surface area contributed by atoms with E-state index in [1.807, 2.05) is 30.3 Å². The molecule has 0 spiro atoms. The van der Waals surface area contributed by atoms with Gasteiger partial charge < -0.3 is 15.4 Å². The molecule has 3 aromatic carbocycles. The van der Waals surface area contributed by atoms with Crippen LogP contribution in [-0.2, 0) is 6.42 Å². The van der Waals surface area contributed by atoms with Gasteiger partial charge in [0, 0.05) is 23.1 Å². The van der Waals surface area contributed by atoms with Crippen LogP contribution in [0.4, 0.5) is 0 Å². The minimum Gasteiger partial charge on any atom is -0.494 e. The van der Waals surface area contributed by atoms with Crippen LogP contribution in [0.5, 0.6) is 5.88 Å². The molecule has 2 aromatic heterocycles. The second-order valence-corrected chi connectivity index (χ2v) is 8.37. The van der Waals surface area contributed by atoms with Gasteiger partial charge in [0.2, 0.25) is 5.88 Å². The summed E-state index contributed by atoms with van der Waals surface area (Å²) in [6, 6.07) is 25.1. The predicted octanol–water partition coefficient (Wildman–Crippen LogP) is 3.41. The molecule has 6 rings (SSSR count). The molecule has 0 unspecified atom stereocenters. The van der Waals surface area contributed by atoms with E-state index in [1.165, 1.54) is 4.57 Å². The SMILES string of the molecule is O=c1c([C@@H]2NCCc3c2[nH]c2ccccc32)c(O)n(-c2ccccc2)c(=O)n1-c1ccccc1. The maximum atomic E-state index is 13.9. The summed E-state index contributed by atoms with van der Waals surface area (Å²) in [6.07, 6.45) is 0.793. The average molecular weight is 450 g/mol. The number of aromatic amines is 1. The monoisotopic (exact) mass is 450 g/mol. The van der Waals surface area contributed by atoms with Gasteiger partial charge >= 0.3 is 5.69 Å². The van der Waals surface area contributed by atoms with Crippen molar-refractivity contribution in [3.8, 4) is 17.3 Å². The molecule has 1 aliphatic heterocycles.